The van der Waals surface area contributed by atoms with Gasteiger partial charge < -0.3 is 9.30 Å². The maximum atomic E-state index is 5.82. The molecule has 0 radical (unpaired) electrons. The van der Waals surface area contributed by atoms with Gasteiger partial charge in [-0.3, -0.25) is 0 Å². The van der Waals surface area contributed by atoms with Crippen LogP contribution in [-0.4, -0.2) is 16.2 Å². The molecule has 0 amide bonds. The Morgan fingerprint density at radius 1 is 0.852 bits per heavy atom. The first-order valence-electron chi connectivity index (χ1n) is 9.51. The van der Waals surface area contributed by atoms with E-state index in [-0.39, 0.29) is 0 Å². The Balaban J connectivity index is 1.49. The summed E-state index contributed by atoms with van der Waals surface area (Å²) in [4.78, 5) is 4.90. The van der Waals surface area contributed by atoms with Crippen molar-refractivity contribution in [3.05, 3.63) is 84.4 Å². The van der Waals surface area contributed by atoms with Gasteiger partial charge in [-0.05, 0) is 50.1 Å². The Hall–Kier alpha value is -3.07. The Kier molecular flexibility index (Phi) is 5.20. The SMILES string of the molecule is Cc1cccc(-c2nc3ccccc3n2CCCCOc2ccccc2)c1. The van der Waals surface area contributed by atoms with Crippen LogP contribution in [0.1, 0.15) is 18.4 Å². The highest BCUT2D eigenvalue weighted by Gasteiger charge is 2.12. The smallest absolute Gasteiger partial charge is 0.141 e. The number of benzene rings is 3. The predicted octanol–water partition coefficient (Wildman–Crippen LogP) is 5.87. The maximum absolute atomic E-state index is 5.82. The third-order valence-electron chi connectivity index (χ3n) is 4.72. The maximum Gasteiger partial charge on any atom is 0.141 e. The first kappa shape index (κ1) is 17.3. The van der Waals surface area contributed by atoms with Crippen molar-refractivity contribution in [2.24, 2.45) is 0 Å². The molecular formula is C24H24N2O. The van der Waals surface area contributed by atoms with Gasteiger partial charge in [-0.1, -0.05) is 54.1 Å². The van der Waals surface area contributed by atoms with Crippen molar-refractivity contribution in [3.8, 4) is 17.1 Å². The summed E-state index contributed by atoms with van der Waals surface area (Å²) in [5.74, 6) is 1.98. The van der Waals surface area contributed by atoms with Crippen LogP contribution in [0.2, 0.25) is 0 Å². The lowest BCUT2D eigenvalue weighted by Gasteiger charge is -2.10. The predicted molar refractivity (Wildman–Crippen MR) is 111 cm³/mol. The molecule has 27 heavy (non-hydrogen) atoms. The van der Waals surface area contributed by atoms with Gasteiger partial charge in [0.05, 0.1) is 17.6 Å². The van der Waals surface area contributed by atoms with Gasteiger partial charge in [0.15, 0.2) is 0 Å². The molecule has 0 spiro atoms. The molecule has 0 fully saturated rings. The van der Waals surface area contributed by atoms with Crippen molar-refractivity contribution in [2.45, 2.75) is 26.3 Å². The number of nitrogens with zero attached hydrogens (tertiary/aromatic N) is 2. The van der Waals surface area contributed by atoms with E-state index in [4.69, 9.17) is 9.72 Å². The summed E-state index contributed by atoms with van der Waals surface area (Å²) >= 11 is 0. The average molecular weight is 356 g/mol. The van der Waals surface area contributed by atoms with Crippen LogP contribution in [0.15, 0.2) is 78.9 Å². The van der Waals surface area contributed by atoms with Crippen LogP contribution in [0.3, 0.4) is 0 Å². The molecule has 0 saturated heterocycles. The van der Waals surface area contributed by atoms with E-state index in [0.29, 0.717) is 0 Å². The van der Waals surface area contributed by atoms with Gasteiger partial charge in [0.2, 0.25) is 0 Å². The summed E-state index contributed by atoms with van der Waals surface area (Å²) in [6.45, 7) is 3.79. The van der Waals surface area contributed by atoms with E-state index in [9.17, 15) is 0 Å². The summed E-state index contributed by atoms with van der Waals surface area (Å²) in [5, 5.41) is 0. The molecule has 0 aliphatic carbocycles. The monoisotopic (exact) mass is 356 g/mol. The van der Waals surface area contributed by atoms with Crippen molar-refractivity contribution in [3.63, 3.8) is 0 Å². The second-order valence-corrected chi connectivity index (χ2v) is 6.81. The van der Waals surface area contributed by atoms with Crippen molar-refractivity contribution >= 4 is 11.0 Å². The highest BCUT2D eigenvalue weighted by Crippen LogP contribution is 2.26. The van der Waals surface area contributed by atoms with Gasteiger partial charge in [0.1, 0.15) is 11.6 Å². The Bertz CT molecular complexity index is 1020. The number of aromatic nitrogens is 2. The van der Waals surface area contributed by atoms with Crippen LogP contribution in [0, 0.1) is 6.92 Å². The fraction of sp³-hybridized carbons (Fsp3) is 0.208. The Morgan fingerprint density at radius 3 is 2.52 bits per heavy atom. The third kappa shape index (κ3) is 4.03. The third-order valence-corrected chi connectivity index (χ3v) is 4.72. The highest BCUT2D eigenvalue weighted by atomic mass is 16.5. The number of hydrogen-bond acceptors (Lipinski definition) is 2. The molecule has 0 atom stereocenters. The lowest BCUT2D eigenvalue weighted by Crippen LogP contribution is -2.04. The van der Waals surface area contributed by atoms with Crippen LogP contribution in [0.5, 0.6) is 5.75 Å². The molecular weight excluding hydrogens is 332 g/mol. The van der Waals surface area contributed by atoms with Crippen LogP contribution in [-0.2, 0) is 6.54 Å². The molecule has 3 aromatic carbocycles. The molecule has 0 aliphatic heterocycles. The average Bonchev–Trinajstić information content (AvgIpc) is 3.07. The molecule has 0 aliphatic rings. The fourth-order valence-electron chi connectivity index (χ4n) is 3.39. The Morgan fingerprint density at radius 2 is 1.67 bits per heavy atom. The molecule has 0 unspecified atom stereocenters. The molecule has 136 valence electrons. The molecule has 4 rings (SSSR count). The number of ether oxygens (including phenoxy) is 1. The summed E-state index contributed by atoms with van der Waals surface area (Å²) < 4.78 is 8.16. The normalized spacial score (nSPS) is 11.0. The van der Waals surface area contributed by atoms with Gasteiger partial charge in [-0.2, -0.15) is 0 Å². The van der Waals surface area contributed by atoms with Gasteiger partial charge in [0.25, 0.3) is 0 Å². The van der Waals surface area contributed by atoms with Crippen LogP contribution in [0.25, 0.3) is 22.4 Å². The lowest BCUT2D eigenvalue weighted by molar-refractivity contribution is 0.303. The molecule has 3 heteroatoms. The van der Waals surface area contributed by atoms with Crippen LogP contribution >= 0.6 is 0 Å². The van der Waals surface area contributed by atoms with E-state index in [1.54, 1.807) is 0 Å². The quantitative estimate of drug-likeness (QED) is 0.387. The van der Waals surface area contributed by atoms with E-state index in [0.717, 1.165) is 43.1 Å². The molecule has 1 aromatic heterocycles. The van der Waals surface area contributed by atoms with E-state index >= 15 is 0 Å². The summed E-state index contributed by atoms with van der Waals surface area (Å²) in [6.07, 6.45) is 2.06. The van der Waals surface area contributed by atoms with E-state index in [2.05, 4.69) is 54.0 Å². The molecule has 4 aromatic rings. The van der Waals surface area contributed by atoms with Gasteiger partial charge in [0, 0.05) is 12.1 Å². The number of fused-ring (bicyclic) bond motifs is 1. The molecule has 0 bridgehead atoms. The number of aryl methyl sites for hydroxylation is 2. The van der Waals surface area contributed by atoms with Gasteiger partial charge in [-0.15, -0.1) is 0 Å². The molecule has 1 heterocycles. The Labute approximate surface area is 160 Å². The van der Waals surface area contributed by atoms with Crippen molar-refractivity contribution in [1.29, 1.82) is 0 Å². The van der Waals surface area contributed by atoms with Crippen molar-refractivity contribution < 1.29 is 4.74 Å². The second-order valence-electron chi connectivity index (χ2n) is 6.81. The van der Waals surface area contributed by atoms with E-state index < -0.39 is 0 Å². The van der Waals surface area contributed by atoms with Crippen molar-refractivity contribution in [2.75, 3.05) is 6.61 Å². The van der Waals surface area contributed by atoms with E-state index in [1.165, 1.54) is 16.6 Å². The van der Waals surface area contributed by atoms with Crippen LogP contribution in [0.4, 0.5) is 0 Å². The zero-order valence-electron chi connectivity index (χ0n) is 15.6. The topological polar surface area (TPSA) is 27.1 Å². The largest absolute Gasteiger partial charge is 0.494 e. The summed E-state index contributed by atoms with van der Waals surface area (Å²) in [6, 6.07) is 26.9. The molecule has 0 N–H and O–H groups in total. The van der Waals surface area contributed by atoms with Crippen LogP contribution < -0.4 is 4.74 Å². The minimum Gasteiger partial charge on any atom is -0.494 e. The zero-order chi connectivity index (χ0) is 18.5. The minimum absolute atomic E-state index is 0.733. The number of para-hydroxylation sites is 3. The number of imidazole rings is 1. The first-order chi connectivity index (χ1) is 13.3. The summed E-state index contributed by atoms with van der Waals surface area (Å²) in [7, 11) is 0. The van der Waals surface area contributed by atoms with Crippen molar-refractivity contribution in [1.82, 2.24) is 9.55 Å². The number of rotatable bonds is 7. The molecule has 3 nitrogen and oxygen atoms in total. The fourth-order valence-corrected chi connectivity index (χ4v) is 3.39. The summed E-state index contributed by atoms with van der Waals surface area (Å²) in [5.41, 5.74) is 4.67. The standard InChI is InChI=1S/C24H24N2O/c1-19-10-9-11-20(18-19)24-25-22-14-5-6-15-23(22)26(24)16-7-8-17-27-21-12-3-2-4-13-21/h2-6,9-15,18H,7-8,16-17H2,1H3. The highest BCUT2D eigenvalue weighted by molar-refractivity contribution is 5.80. The number of hydrogen-bond donors (Lipinski definition) is 0. The second kappa shape index (κ2) is 8.09. The lowest BCUT2D eigenvalue weighted by atomic mass is 10.1. The van der Waals surface area contributed by atoms with Gasteiger partial charge >= 0.3 is 0 Å². The van der Waals surface area contributed by atoms with E-state index in [1.807, 2.05) is 36.4 Å². The van der Waals surface area contributed by atoms with Gasteiger partial charge in [-0.25, -0.2) is 4.98 Å². The molecule has 0 saturated carbocycles. The number of unbranched alkanes of at least 4 members (excludes halogenated alkanes) is 1. The minimum atomic E-state index is 0.733. The zero-order valence-corrected chi connectivity index (χ0v) is 15.6. The first-order valence-corrected chi connectivity index (χ1v) is 9.51.